The third-order valence-corrected chi connectivity index (χ3v) is 5.92. The molecule has 32 heavy (non-hydrogen) atoms. The number of rotatable bonds is 5. The SMILES string of the molecule is O=C(CSc1nnnn1-c1ccccc1)Nc1cccc2c1C(=O)c1ccccc1C2=O. The molecule has 3 aromatic carbocycles. The zero-order valence-corrected chi connectivity index (χ0v) is 17.4. The average Bonchev–Trinajstić information content (AvgIpc) is 3.30. The highest BCUT2D eigenvalue weighted by Crippen LogP contribution is 2.32. The third-order valence-electron chi connectivity index (χ3n) is 5.00. The van der Waals surface area contributed by atoms with E-state index in [1.165, 1.54) is 11.8 Å². The standard InChI is InChI=1S/C23H15N5O3S/c29-19(13-32-23-25-26-27-28(23)14-7-2-1-3-8-14)24-18-12-6-11-17-20(18)22(31)16-10-5-4-9-15(16)21(17)30/h1-12H,13H2,(H,24,29). The number of carbonyl (C=O) groups is 3. The summed E-state index contributed by atoms with van der Waals surface area (Å²) in [5.74, 6) is -0.838. The van der Waals surface area contributed by atoms with Gasteiger partial charge in [0.25, 0.3) is 0 Å². The van der Waals surface area contributed by atoms with Crippen molar-refractivity contribution < 1.29 is 14.4 Å². The van der Waals surface area contributed by atoms with Crippen LogP contribution in [0.3, 0.4) is 0 Å². The van der Waals surface area contributed by atoms with E-state index in [9.17, 15) is 14.4 Å². The number of tetrazole rings is 1. The third kappa shape index (κ3) is 3.48. The summed E-state index contributed by atoms with van der Waals surface area (Å²) in [6, 6.07) is 20.9. The molecule has 8 nitrogen and oxygen atoms in total. The first-order valence-corrected chi connectivity index (χ1v) is 10.7. The summed E-state index contributed by atoms with van der Waals surface area (Å²) >= 11 is 1.17. The van der Waals surface area contributed by atoms with Crippen LogP contribution in [0, 0.1) is 0 Å². The first-order chi connectivity index (χ1) is 15.6. The van der Waals surface area contributed by atoms with Crippen molar-refractivity contribution in [1.82, 2.24) is 20.2 Å². The Labute approximate surface area is 186 Å². The van der Waals surface area contributed by atoms with Crippen molar-refractivity contribution in [2.75, 3.05) is 11.1 Å². The number of carbonyl (C=O) groups excluding carboxylic acids is 3. The van der Waals surface area contributed by atoms with E-state index in [4.69, 9.17) is 0 Å². The molecule has 0 spiro atoms. The van der Waals surface area contributed by atoms with Gasteiger partial charge in [-0.1, -0.05) is 66.4 Å². The van der Waals surface area contributed by atoms with Crippen LogP contribution in [0.2, 0.25) is 0 Å². The Hall–Kier alpha value is -4.11. The summed E-state index contributed by atoms with van der Waals surface area (Å²) < 4.78 is 1.54. The van der Waals surface area contributed by atoms with Crippen molar-refractivity contribution in [3.63, 3.8) is 0 Å². The maximum atomic E-state index is 13.1. The second-order valence-corrected chi connectivity index (χ2v) is 7.92. The van der Waals surface area contributed by atoms with Gasteiger partial charge in [-0.25, -0.2) is 0 Å². The van der Waals surface area contributed by atoms with Crippen molar-refractivity contribution in [3.05, 3.63) is 95.1 Å². The van der Waals surface area contributed by atoms with E-state index in [1.807, 2.05) is 30.3 Å². The molecule has 156 valence electrons. The topological polar surface area (TPSA) is 107 Å². The van der Waals surface area contributed by atoms with Crippen molar-refractivity contribution >= 4 is 34.9 Å². The van der Waals surface area contributed by atoms with E-state index in [0.717, 1.165) is 5.69 Å². The number of para-hydroxylation sites is 1. The van der Waals surface area contributed by atoms with Crippen LogP contribution in [0.4, 0.5) is 5.69 Å². The zero-order valence-electron chi connectivity index (χ0n) is 16.6. The van der Waals surface area contributed by atoms with E-state index in [1.54, 1.807) is 47.1 Å². The Morgan fingerprint density at radius 3 is 2.31 bits per heavy atom. The van der Waals surface area contributed by atoms with Gasteiger partial charge in [0.15, 0.2) is 11.6 Å². The van der Waals surface area contributed by atoms with Crippen molar-refractivity contribution in [1.29, 1.82) is 0 Å². The van der Waals surface area contributed by atoms with Gasteiger partial charge in [-0.3, -0.25) is 14.4 Å². The molecule has 0 aliphatic heterocycles. The molecule has 0 bridgehead atoms. The van der Waals surface area contributed by atoms with Crippen LogP contribution in [-0.4, -0.2) is 43.4 Å². The number of hydrogen-bond acceptors (Lipinski definition) is 7. The number of amides is 1. The first kappa shape index (κ1) is 19.8. The predicted molar refractivity (Wildman–Crippen MR) is 118 cm³/mol. The van der Waals surface area contributed by atoms with Gasteiger partial charge in [0.05, 0.1) is 22.7 Å². The van der Waals surface area contributed by atoms with E-state index < -0.39 is 0 Å². The van der Waals surface area contributed by atoms with Crippen LogP contribution in [0.5, 0.6) is 0 Å². The highest BCUT2D eigenvalue weighted by atomic mass is 32.2. The molecule has 0 saturated heterocycles. The number of nitrogens with zero attached hydrogens (tertiary/aromatic N) is 4. The highest BCUT2D eigenvalue weighted by Gasteiger charge is 2.31. The second-order valence-electron chi connectivity index (χ2n) is 6.98. The molecule has 9 heteroatoms. The number of hydrogen-bond donors (Lipinski definition) is 1. The number of fused-ring (bicyclic) bond motifs is 2. The van der Waals surface area contributed by atoms with Crippen LogP contribution < -0.4 is 5.32 Å². The summed E-state index contributed by atoms with van der Waals surface area (Å²) in [4.78, 5) is 38.6. The molecular weight excluding hydrogens is 426 g/mol. The van der Waals surface area contributed by atoms with Crippen LogP contribution in [0.25, 0.3) is 5.69 Å². The number of benzene rings is 3. The zero-order chi connectivity index (χ0) is 22.1. The fourth-order valence-corrected chi connectivity index (χ4v) is 4.26. The lowest BCUT2D eigenvalue weighted by atomic mass is 9.83. The monoisotopic (exact) mass is 441 g/mol. The molecule has 1 heterocycles. The lowest BCUT2D eigenvalue weighted by Crippen LogP contribution is -2.24. The number of nitrogens with one attached hydrogen (secondary N) is 1. The molecule has 0 atom stereocenters. The quantitative estimate of drug-likeness (QED) is 0.418. The van der Waals surface area contributed by atoms with Crippen LogP contribution in [0.15, 0.2) is 78.0 Å². The average molecular weight is 441 g/mol. The molecule has 1 amide bonds. The summed E-state index contributed by atoms with van der Waals surface area (Å²) in [5.41, 5.74) is 2.29. The molecule has 0 saturated carbocycles. The first-order valence-electron chi connectivity index (χ1n) is 9.71. The van der Waals surface area contributed by atoms with E-state index in [2.05, 4.69) is 20.8 Å². The Kier molecular flexibility index (Phi) is 5.08. The van der Waals surface area contributed by atoms with Crippen molar-refractivity contribution in [2.24, 2.45) is 0 Å². The van der Waals surface area contributed by atoms with Crippen molar-refractivity contribution in [3.8, 4) is 5.69 Å². The fourth-order valence-electron chi connectivity index (χ4n) is 3.57. The normalized spacial score (nSPS) is 12.2. The summed E-state index contributed by atoms with van der Waals surface area (Å²) in [6.07, 6.45) is 0. The summed E-state index contributed by atoms with van der Waals surface area (Å²) in [6.45, 7) is 0. The molecule has 0 fully saturated rings. The Morgan fingerprint density at radius 1 is 0.844 bits per heavy atom. The lowest BCUT2D eigenvalue weighted by Gasteiger charge is -2.20. The Bertz CT molecular complexity index is 1370. The van der Waals surface area contributed by atoms with Gasteiger partial charge < -0.3 is 5.32 Å². The van der Waals surface area contributed by atoms with E-state index >= 15 is 0 Å². The summed E-state index contributed by atoms with van der Waals surface area (Å²) in [5, 5.41) is 14.9. The molecule has 1 aliphatic carbocycles. The second kappa shape index (κ2) is 8.20. The molecule has 4 aromatic rings. The van der Waals surface area contributed by atoms with Gasteiger partial charge in [-0.2, -0.15) is 4.68 Å². The Morgan fingerprint density at radius 2 is 1.53 bits per heavy atom. The van der Waals surface area contributed by atoms with Crippen molar-refractivity contribution in [2.45, 2.75) is 5.16 Å². The van der Waals surface area contributed by atoms with Gasteiger partial charge in [0, 0.05) is 16.7 Å². The highest BCUT2D eigenvalue weighted by molar-refractivity contribution is 7.99. The van der Waals surface area contributed by atoms with E-state index in [0.29, 0.717) is 22.0 Å². The van der Waals surface area contributed by atoms with E-state index in [-0.39, 0.29) is 34.4 Å². The molecule has 1 aliphatic rings. The predicted octanol–water partition coefficient (Wildman–Crippen LogP) is 3.17. The maximum absolute atomic E-state index is 13.1. The molecule has 5 rings (SSSR count). The Balaban J connectivity index is 1.36. The minimum atomic E-state index is -0.342. The van der Waals surface area contributed by atoms with Gasteiger partial charge in [0.1, 0.15) is 0 Å². The van der Waals surface area contributed by atoms with Crippen LogP contribution >= 0.6 is 11.8 Å². The number of aromatic nitrogens is 4. The lowest BCUT2D eigenvalue weighted by molar-refractivity contribution is -0.113. The van der Waals surface area contributed by atoms with Gasteiger partial charge >= 0.3 is 0 Å². The number of anilines is 1. The van der Waals surface area contributed by atoms with Crippen LogP contribution in [0.1, 0.15) is 31.8 Å². The van der Waals surface area contributed by atoms with Gasteiger partial charge in [0.2, 0.25) is 11.1 Å². The summed E-state index contributed by atoms with van der Waals surface area (Å²) in [7, 11) is 0. The minimum absolute atomic E-state index is 0.0234. The minimum Gasteiger partial charge on any atom is -0.325 e. The van der Waals surface area contributed by atoms with Gasteiger partial charge in [-0.05, 0) is 28.6 Å². The molecule has 1 aromatic heterocycles. The number of ketones is 2. The molecule has 0 unspecified atom stereocenters. The van der Waals surface area contributed by atoms with Crippen LogP contribution in [-0.2, 0) is 4.79 Å². The fraction of sp³-hybridized carbons (Fsp3) is 0.0435. The maximum Gasteiger partial charge on any atom is 0.234 e. The largest absolute Gasteiger partial charge is 0.325 e. The molecule has 1 N–H and O–H groups in total. The molecule has 0 radical (unpaired) electrons. The number of thioether (sulfide) groups is 1. The van der Waals surface area contributed by atoms with Gasteiger partial charge in [-0.15, -0.1) is 5.10 Å². The smallest absolute Gasteiger partial charge is 0.234 e. The molecular formula is C23H15N5O3S.